The van der Waals surface area contributed by atoms with E-state index in [0.717, 1.165) is 154 Å². The summed E-state index contributed by atoms with van der Waals surface area (Å²) in [5.74, 6) is 1.55. The van der Waals surface area contributed by atoms with Crippen molar-refractivity contribution in [1.82, 2.24) is 29.1 Å². The Bertz CT molecular complexity index is 5040. The van der Waals surface area contributed by atoms with Gasteiger partial charge in [0, 0.05) is 54.2 Å². The van der Waals surface area contributed by atoms with Gasteiger partial charge in [-0.3, -0.25) is 9.13 Å². The predicted octanol–water partition coefficient (Wildman–Crippen LogP) is 18.0. The van der Waals surface area contributed by atoms with Crippen molar-refractivity contribution in [1.29, 1.82) is 0 Å². The van der Waals surface area contributed by atoms with Crippen LogP contribution in [0, 0.1) is 0 Å². The molecule has 0 saturated carbocycles. The van der Waals surface area contributed by atoms with E-state index in [2.05, 4.69) is 252 Å². The molecule has 0 amide bonds. The van der Waals surface area contributed by atoms with Crippen LogP contribution in [0.1, 0.15) is 0 Å². The van der Waals surface area contributed by atoms with Gasteiger partial charge in [-0.25, -0.2) is 19.9 Å². The number of rotatable bonds is 4. The maximum Gasteiger partial charge on any atom is 0.165 e. The third-order valence-electron chi connectivity index (χ3n) is 16.0. The van der Waals surface area contributed by atoms with E-state index in [1.807, 2.05) is 0 Å². The van der Waals surface area contributed by atoms with Crippen molar-refractivity contribution in [2.75, 3.05) is 0 Å². The van der Waals surface area contributed by atoms with E-state index in [4.69, 9.17) is 19.9 Å². The van der Waals surface area contributed by atoms with Crippen molar-refractivity contribution >= 4 is 130 Å². The summed E-state index contributed by atoms with van der Waals surface area (Å²) < 4.78 is 4.73. The zero-order valence-electron chi connectivity index (χ0n) is 40.8. The summed E-state index contributed by atoms with van der Waals surface area (Å²) in [6.07, 6.45) is 0. The molecule has 0 N–H and O–H groups in total. The molecule has 76 heavy (non-hydrogen) atoms. The average molecular weight is 965 g/mol. The molecule has 17 aromatic rings. The summed E-state index contributed by atoms with van der Waals surface area (Å²) in [7, 11) is 0. The van der Waals surface area contributed by atoms with Crippen LogP contribution in [0.4, 0.5) is 0 Å². The van der Waals surface area contributed by atoms with Crippen molar-refractivity contribution in [3.8, 4) is 34.2 Å². The minimum atomic E-state index is 0.774. The normalized spacial score (nSPS) is 12.2. The van der Waals surface area contributed by atoms with Gasteiger partial charge < -0.3 is 0 Å². The Morgan fingerprint density at radius 2 is 0.526 bits per heavy atom. The van der Waals surface area contributed by atoms with Gasteiger partial charge in [0.15, 0.2) is 11.6 Å². The third-order valence-corrected chi connectivity index (χ3v) is 16.0. The fourth-order valence-electron chi connectivity index (χ4n) is 12.6. The first-order chi connectivity index (χ1) is 37.7. The summed E-state index contributed by atoms with van der Waals surface area (Å²) in [4.78, 5) is 23.3. The maximum atomic E-state index is 5.87. The van der Waals surface area contributed by atoms with E-state index < -0.39 is 0 Å². The standard InChI is InChI=1S/C70H40N6/c1-3-19-43-39-45(35-33-41(43)17-1)63-69(73-67-53-27-11-7-23-49(53)47-21-5-9-25-51(47)65(67)71-63)75-57-31-15-13-29-55(57)61-59(75)37-38-60-62(61)56-30-14-16-32-58(56)76(60)70-64(46-36-34-42-18-2-4-20-44(42)40-46)72-66-52-26-10-6-22-48(52)50-24-8-12-28-54(50)68(66)74-70/h1-40H. The first kappa shape index (κ1) is 41.2. The van der Waals surface area contributed by atoms with Crippen molar-refractivity contribution in [3.05, 3.63) is 243 Å². The highest BCUT2D eigenvalue weighted by Gasteiger charge is 2.27. The van der Waals surface area contributed by atoms with E-state index in [1.54, 1.807) is 0 Å². The molecule has 4 aromatic heterocycles. The van der Waals surface area contributed by atoms with Gasteiger partial charge in [-0.2, -0.15) is 0 Å². The minimum absolute atomic E-state index is 0.774. The molecule has 0 aliphatic carbocycles. The predicted molar refractivity (Wildman–Crippen MR) is 317 cm³/mol. The Morgan fingerprint density at radius 3 is 0.908 bits per heavy atom. The second-order valence-corrected chi connectivity index (χ2v) is 20.1. The lowest BCUT2D eigenvalue weighted by molar-refractivity contribution is 1.08. The van der Waals surface area contributed by atoms with E-state index in [1.165, 1.54) is 10.8 Å². The van der Waals surface area contributed by atoms with Crippen LogP contribution in [0.2, 0.25) is 0 Å². The first-order valence-corrected chi connectivity index (χ1v) is 25.9. The topological polar surface area (TPSA) is 61.4 Å². The van der Waals surface area contributed by atoms with E-state index in [9.17, 15) is 0 Å². The molecular weight excluding hydrogens is 925 g/mol. The largest absolute Gasteiger partial charge is 0.292 e. The van der Waals surface area contributed by atoms with Gasteiger partial charge in [0.05, 0.1) is 44.1 Å². The van der Waals surface area contributed by atoms with Gasteiger partial charge in [-0.05, 0) is 79.5 Å². The maximum absolute atomic E-state index is 5.87. The summed E-state index contributed by atoms with van der Waals surface area (Å²) in [5, 5.41) is 18.1. The molecular formula is C70H40N6. The molecule has 6 nitrogen and oxygen atoms in total. The van der Waals surface area contributed by atoms with Gasteiger partial charge in [0.25, 0.3) is 0 Å². The van der Waals surface area contributed by atoms with Crippen LogP contribution < -0.4 is 0 Å². The number of hydrogen-bond acceptors (Lipinski definition) is 4. The second kappa shape index (κ2) is 15.6. The fraction of sp³-hybridized carbons (Fsp3) is 0. The number of hydrogen-bond donors (Lipinski definition) is 0. The minimum Gasteiger partial charge on any atom is -0.292 e. The highest BCUT2D eigenvalue weighted by atomic mass is 15.1. The molecule has 0 fully saturated rings. The van der Waals surface area contributed by atoms with Crippen molar-refractivity contribution in [3.63, 3.8) is 0 Å². The Morgan fingerprint density at radius 1 is 0.224 bits per heavy atom. The summed E-state index contributed by atoms with van der Waals surface area (Å²) in [6.45, 7) is 0. The summed E-state index contributed by atoms with van der Waals surface area (Å²) in [6, 6.07) is 87.1. The lowest BCUT2D eigenvalue weighted by Gasteiger charge is -2.17. The molecule has 0 saturated heterocycles. The molecule has 0 aliphatic heterocycles. The van der Waals surface area contributed by atoms with Crippen LogP contribution in [-0.2, 0) is 0 Å². The van der Waals surface area contributed by atoms with Crippen LogP contribution in [0.3, 0.4) is 0 Å². The van der Waals surface area contributed by atoms with Gasteiger partial charge in [-0.15, -0.1) is 0 Å². The first-order valence-electron chi connectivity index (χ1n) is 25.9. The zero-order valence-corrected chi connectivity index (χ0v) is 40.8. The molecule has 0 spiro atoms. The zero-order chi connectivity index (χ0) is 49.6. The number of fused-ring (bicyclic) bond motifs is 21. The quantitative estimate of drug-likeness (QED) is 0.165. The van der Waals surface area contributed by atoms with E-state index >= 15 is 0 Å². The van der Waals surface area contributed by atoms with Crippen LogP contribution in [-0.4, -0.2) is 29.1 Å². The highest BCUT2D eigenvalue weighted by molar-refractivity contribution is 6.30. The van der Waals surface area contributed by atoms with Crippen molar-refractivity contribution in [2.45, 2.75) is 0 Å². The second-order valence-electron chi connectivity index (χ2n) is 20.1. The molecule has 4 heterocycles. The molecule has 0 atom stereocenters. The number of nitrogens with zero attached hydrogens (tertiary/aromatic N) is 6. The highest BCUT2D eigenvalue weighted by Crippen LogP contribution is 2.46. The SMILES string of the molecule is c1ccc2cc(-c3nc4c5ccccc5c5ccccc5c4nc3-n3c4ccccc4c4c5c6ccccc6n(-c6nc7c8ccccc8c8ccccc8c7nc6-c6ccc7ccccc7c6)c5ccc43)ccc2c1. The van der Waals surface area contributed by atoms with Crippen molar-refractivity contribution < 1.29 is 0 Å². The molecule has 0 radical (unpaired) electrons. The fourth-order valence-corrected chi connectivity index (χ4v) is 12.6. The van der Waals surface area contributed by atoms with Crippen LogP contribution in [0.15, 0.2) is 243 Å². The number of aromatic nitrogens is 6. The molecule has 0 unspecified atom stereocenters. The average Bonchev–Trinajstić information content (AvgIpc) is 4.05. The lowest BCUT2D eigenvalue weighted by Crippen LogP contribution is -2.05. The Hall–Kier alpha value is -10.3. The summed E-state index contributed by atoms with van der Waals surface area (Å²) in [5.41, 5.74) is 11.3. The van der Waals surface area contributed by atoms with E-state index in [-0.39, 0.29) is 0 Å². The molecule has 13 aromatic carbocycles. The molecule has 17 rings (SSSR count). The van der Waals surface area contributed by atoms with Crippen molar-refractivity contribution in [2.24, 2.45) is 0 Å². The Labute approximate surface area is 434 Å². The smallest absolute Gasteiger partial charge is 0.165 e. The third kappa shape index (κ3) is 5.75. The lowest BCUT2D eigenvalue weighted by atomic mass is 9.99. The molecule has 0 bridgehead atoms. The van der Waals surface area contributed by atoms with Gasteiger partial charge >= 0.3 is 0 Å². The van der Waals surface area contributed by atoms with Crippen LogP contribution in [0.25, 0.3) is 164 Å². The van der Waals surface area contributed by atoms with E-state index in [0.29, 0.717) is 0 Å². The van der Waals surface area contributed by atoms with Gasteiger partial charge in [-0.1, -0.05) is 206 Å². The van der Waals surface area contributed by atoms with Gasteiger partial charge in [0.2, 0.25) is 0 Å². The number of para-hydroxylation sites is 2. The molecule has 0 aliphatic rings. The summed E-state index contributed by atoms with van der Waals surface area (Å²) >= 11 is 0. The monoisotopic (exact) mass is 964 g/mol. The molecule has 350 valence electrons. The van der Waals surface area contributed by atoms with Crippen LogP contribution >= 0.6 is 0 Å². The Kier molecular flexibility index (Phi) is 8.46. The Balaban J connectivity index is 1.01. The van der Waals surface area contributed by atoms with Crippen LogP contribution in [0.5, 0.6) is 0 Å². The number of benzene rings is 13. The van der Waals surface area contributed by atoms with Gasteiger partial charge in [0.1, 0.15) is 11.4 Å². The molecule has 6 heteroatoms.